The molecule has 1 atom stereocenters. The van der Waals surface area contributed by atoms with E-state index in [1.807, 2.05) is 13.0 Å². The van der Waals surface area contributed by atoms with Crippen molar-refractivity contribution in [1.82, 2.24) is 19.9 Å². The molecule has 1 saturated carbocycles. The topological polar surface area (TPSA) is 71.0 Å². The minimum Gasteiger partial charge on any atom is -0.342 e. The zero-order chi connectivity index (χ0) is 19.3. The van der Waals surface area contributed by atoms with Crippen LogP contribution in [0.1, 0.15) is 62.3 Å². The molecule has 2 aromatic heterocycles. The number of nitrogens with zero attached hydrogens (tertiary/aromatic N) is 4. The molecule has 1 aliphatic carbocycles. The van der Waals surface area contributed by atoms with Crippen LogP contribution in [0, 0.1) is 12.8 Å². The summed E-state index contributed by atoms with van der Waals surface area (Å²) in [5, 5.41) is 3.26. The predicted octanol–water partition coefficient (Wildman–Crippen LogP) is 4.21. The number of anilines is 2. The number of nitrogens with one attached hydrogen (secondary N) is 1. The van der Waals surface area contributed by atoms with Crippen LogP contribution in [0.15, 0.2) is 30.6 Å². The number of hydrogen-bond acceptors (Lipinski definition) is 5. The van der Waals surface area contributed by atoms with Gasteiger partial charge in [-0.1, -0.05) is 12.8 Å². The zero-order valence-electron chi connectivity index (χ0n) is 16.6. The molecule has 1 unspecified atom stereocenters. The summed E-state index contributed by atoms with van der Waals surface area (Å²) in [5.41, 5.74) is 2.96. The summed E-state index contributed by atoms with van der Waals surface area (Å²) < 4.78 is 0. The molecule has 2 aromatic rings. The Kier molecular flexibility index (Phi) is 5.84. The van der Waals surface area contributed by atoms with Crippen molar-refractivity contribution in [2.75, 3.05) is 18.4 Å². The highest BCUT2D eigenvalue weighted by molar-refractivity contribution is 5.76. The SMILES string of the molecule is Cc1cc(Nc2ncccn2)cc(C2CCCN(C(=O)CC3CCCC3)C2)n1. The average Bonchev–Trinajstić information content (AvgIpc) is 3.21. The van der Waals surface area contributed by atoms with Crippen molar-refractivity contribution < 1.29 is 4.79 Å². The van der Waals surface area contributed by atoms with Crippen molar-refractivity contribution in [3.63, 3.8) is 0 Å². The Morgan fingerprint density at radius 3 is 2.71 bits per heavy atom. The van der Waals surface area contributed by atoms with E-state index in [0.717, 1.165) is 49.4 Å². The quantitative estimate of drug-likeness (QED) is 0.843. The van der Waals surface area contributed by atoms with Gasteiger partial charge in [0.2, 0.25) is 11.9 Å². The van der Waals surface area contributed by atoms with E-state index in [1.165, 1.54) is 25.7 Å². The molecular weight excluding hydrogens is 350 g/mol. The highest BCUT2D eigenvalue weighted by Gasteiger charge is 2.28. The number of likely N-dealkylation sites (tertiary alicyclic amines) is 1. The predicted molar refractivity (Wildman–Crippen MR) is 109 cm³/mol. The second-order valence-corrected chi connectivity index (χ2v) is 8.15. The smallest absolute Gasteiger partial charge is 0.227 e. The minimum atomic E-state index is 0.290. The first-order valence-corrected chi connectivity index (χ1v) is 10.5. The summed E-state index contributed by atoms with van der Waals surface area (Å²) in [5.74, 6) is 1.81. The second kappa shape index (κ2) is 8.67. The van der Waals surface area contributed by atoms with E-state index in [9.17, 15) is 4.79 Å². The summed E-state index contributed by atoms with van der Waals surface area (Å²) in [6.45, 7) is 3.67. The third-order valence-corrected chi connectivity index (χ3v) is 5.93. The fourth-order valence-corrected chi connectivity index (χ4v) is 4.50. The molecule has 1 amide bonds. The molecule has 6 heteroatoms. The largest absolute Gasteiger partial charge is 0.342 e. The summed E-state index contributed by atoms with van der Waals surface area (Å²) >= 11 is 0. The first-order chi connectivity index (χ1) is 13.7. The number of aromatic nitrogens is 3. The van der Waals surface area contributed by atoms with Gasteiger partial charge in [0.05, 0.1) is 0 Å². The maximum Gasteiger partial charge on any atom is 0.227 e. The van der Waals surface area contributed by atoms with Gasteiger partial charge in [-0.15, -0.1) is 0 Å². The molecule has 2 aliphatic rings. The van der Waals surface area contributed by atoms with Gasteiger partial charge in [0.15, 0.2) is 0 Å². The Hall–Kier alpha value is -2.50. The average molecular weight is 380 g/mol. The van der Waals surface area contributed by atoms with Gasteiger partial charge in [-0.25, -0.2) is 9.97 Å². The number of rotatable bonds is 5. The van der Waals surface area contributed by atoms with Crippen LogP contribution in [0.4, 0.5) is 11.6 Å². The summed E-state index contributed by atoms with van der Waals surface area (Å²) in [4.78, 5) is 28.1. The van der Waals surface area contributed by atoms with Crippen LogP contribution in [0.3, 0.4) is 0 Å². The van der Waals surface area contributed by atoms with E-state index in [4.69, 9.17) is 4.98 Å². The summed E-state index contributed by atoms with van der Waals surface area (Å²) in [6.07, 6.45) is 11.3. The highest BCUT2D eigenvalue weighted by Crippen LogP contribution is 2.31. The van der Waals surface area contributed by atoms with Gasteiger partial charge in [0.1, 0.15) is 0 Å². The van der Waals surface area contributed by atoms with Crippen LogP contribution in [0.25, 0.3) is 0 Å². The van der Waals surface area contributed by atoms with Gasteiger partial charge in [-0.05, 0) is 56.7 Å². The minimum absolute atomic E-state index is 0.290. The lowest BCUT2D eigenvalue weighted by Gasteiger charge is -2.33. The maximum absolute atomic E-state index is 12.8. The Morgan fingerprint density at radius 2 is 1.93 bits per heavy atom. The second-order valence-electron chi connectivity index (χ2n) is 8.15. The molecule has 28 heavy (non-hydrogen) atoms. The third-order valence-electron chi connectivity index (χ3n) is 5.93. The lowest BCUT2D eigenvalue weighted by Crippen LogP contribution is -2.39. The molecule has 0 radical (unpaired) electrons. The van der Waals surface area contributed by atoms with E-state index in [-0.39, 0.29) is 0 Å². The molecule has 2 fully saturated rings. The number of carbonyl (C=O) groups excluding carboxylic acids is 1. The molecule has 0 spiro atoms. The van der Waals surface area contributed by atoms with Gasteiger partial charge in [-0.2, -0.15) is 0 Å². The van der Waals surface area contributed by atoms with E-state index in [1.54, 1.807) is 18.5 Å². The van der Waals surface area contributed by atoms with Gasteiger partial charge in [0, 0.05) is 54.9 Å². The Labute approximate surface area is 166 Å². The van der Waals surface area contributed by atoms with Crippen molar-refractivity contribution in [2.45, 2.75) is 57.8 Å². The van der Waals surface area contributed by atoms with Gasteiger partial charge in [0.25, 0.3) is 0 Å². The van der Waals surface area contributed by atoms with Crippen LogP contribution >= 0.6 is 0 Å². The van der Waals surface area contributed by atoms with Crippen molar-refractivity contribution in [2.24, 2.45) is 5.92 Å². The van der Waals surface area contributed by atoms with Gasteiger partial charge < -0.3 is 10.2 Å². The molecule has 1 N–H and O–H groups in total. The van der Waals surface area contributed by atoms with Crippen LogP contribution in [0.2, 0.25) is 0 Å². The van der Waals surface area contributed by atoms with E-state index in [0.29, 0.717) is 23.7 Å². The Morgan fingerprint density at radius 1 is 1.14 bits per heavy atom. The molecule has 1 saturated heterocycles. The lowest BCUT2D eigenvalue weighted by atomic mass is 9.93. The zero-order valence-corrected chi connectivity index (χ0v) is 16.6. The fourth-order valence-electron chi connectivity index (χ4n) is 4.50. The number of aryl methyl sites for hydroxylation is 1. The van der Waals surface area contributed by atoms with Crippen LogP contribution in [-0.4, -0.2) is 38.8 Å². The van der Waals surface area contributed by atoms with Crippen molar-refractivity contribution in [1.29, 1.82) is 0 Å². The van der Waals surface area contributed by atoms with Crippen molar-refractivity contribution in [3.05, 3.63) is 42.0 Å². The van der Waals surface area contributed by atoms with Crippen LogP contribution < -0.4 is 5.32 Å². The van der Waals surface area contributed by atoms with E-state index in [2.05, 4.69) is 26.3 Å². The third kappa shape index (κ3) is 4.66. The molecule has 0 bridgehead atoms. The number of hydrogen-bond donors (Lipinski definition) is 1. The molecule has 1 aliphatic heterocycles. The Balaban J connectivity index is 1.44. The summed E-state index contributed by atoms with van der Waals surface area (Å²) in [7, 11) is 0. The number of pyridine rings is 1. The van der Waals surface area contributed by atoms with Crippen LogP contribution in [-0.2, 0) is 4.79 Å². The maximum atomic E-state index is 12.8. The van der Waals surface area contributed by atoms with Crippen molar-refractivity contribution in [3.8, 4) is 0 Å². The van der Waals surface area contributed by atoms with Crippen molar-refractivity contribution >= 4 is 17.5 Å². The van der Waals surface area contributed by atoms with E-state index >= 15 is 0 Å². The highest BCUT2D eigenvalue weighted by atomic mass is 16.2. The standard InChI is InChI=1S/C22H29N5O/c1-16-12-19(26-22-23-9-5-10-24-22)14-20(25-16)18-8-4-11-27(15-18)21(28)13-17-6-2-3-7-17/h5,9-10,12,14,17-18H,2-4,6-8,11,13,15H2,1H3,(H,23,24,25,26). The molecule has 4 rings (SSSR count). The first-order valence-electron chi connectivity index (χ1n) is 10.5. The number of amides is 1. The molecule has 6 nitrogen and oxygen atoms in total. The lowest BCUT2D eigenvalue weighted by molar-refractivity contribution is -0.133. The molecule has 148 valence electrons. The van der Waals surface area contributed by atoms with E-state index < -0.39 is 0 Å². The molecule has 0 aromatic carbocycles. The normalized spacial score (nSPS) is 20.3. The van der Waals surface area contributed by atoms with Gasteiger partial charge in [-0.3, -0.25) is 9.78 Å². The summed E-state index contributed by atoms with van der Waals surface area (Å²) in [6, 6.07) is 5.89. The monoisotopic (exact) mass is 379 g/mol. The van der Waals surface area contributed by atoms with Crippen LogP contribution in [0.5, 0.6) is 0 Å². The number of piperidine rings is 1. The molecule has 3 heterocycles. The molecular formula is C22H29N5O. The Bertz CT molecular complexity index is 804. The number of carbonyl (C=O) groups is 1. The first kappa shape index (κ1) is 18.8. The van der Waals surface area contributed by atoms with Gasteiger partial charge >= 0.3 is 0 Å². The fraction of sp³-hybridized carbons (Fsp3) is 0.545.